The number of carbonyl (C=O) groups is 5. The second-order valence-electron chi connectivity index (χ2n) is 17.6. The molecule has 1 fully saturated rings. The van der Waals surface area contributed by atoms with Crippen LogP contribution in [-0.4, -0.2) is 122 Å². The summed E-state index contributed by atoms with van der Waals surface area (Å²) in [6, 6.07) is 15.2. The number of anilines is 1. The highest BCUT2D eigenvalue weighted by atomic mass is 16.5. The van der Waals surface area contributed by atoms with Crippen molar-refractivity contribution in [3.63, 3.8) is 0 Å². The van der Waals surface area contributed by atoms with Crippen molar-refractivity contribution in [3.8, 4) is 40.1 Å². The van der Waals surface area contributed by atoms with Gasteiger partial charge in [0.05, 0.1) is 23.0 Å². The Morgan fingerprint density at radius 1 is 0.843 bits per heavy atom. The Labute approximate surface area is 409 Å². The minimum Gasteiger partial charge on any atom is -0.492 e. The summed E-state index contributed by atoms with van der Waals surface area (Å²) in [5, 5.41) is 20.0. The van der Waals surface area contributed by atoms with Crippen LogP contribution in [-0.2, 0) is 25.6 Å². The molecular formula is C51H66N12O7. The molecule has 5 amide bonds. The summed E-state index contributed by atoms with van der Waals surface area (Å²) in [6.07, 6.45) is 6.08. The summed E-state index contributed by atoms with van der Waals surface area (Å²) in [6.45, 7) is 7.28. The number of hydrogen-bond acceptors (Lipinski definition) is 14. The Hall–Kier alpha value is -7.14. The van der Waals surface area contributed by atoms with E-state index in [1.54, 1.807) is 50.2 Å². The van der Waals surface area contributed by atoms with Gasteiger partial charge in [-0.1, -0.05) is 31.4 Å². The van der Waals surface area contributed by atoms with Crippen LogP contribution >= 0.6 is 0 Å². The molecule has 372 valence electrons. The molecule has 0 saturated carbocycles. The Balaban J connectivity index is 1.34. The number of hydrogen-bond donors (Lipinski definition) is 7. The largest absolute Gasteiger partial charge is 0.492 e. The lowest BCUT2D eigenvalue weighted by Gasteiger charge is -2.32. The maximum absolute atomic E-state index is 14.8. The van der Waals surface area contributed by atoms with Gasteiger partial charge in [-0.15, -0.1) is 0 Å². The number of nitrogens with zero attached hydrogens (tertiary/aromatic N) is 5. The van der Waals surface area contributed by atoms with Crippen molar-refractivity contribution < 1.29 is 33.4 Å². The van der Waals surface area contributed by atoms with E-state index in [0.29, 0.717) is 51.0 Å². The molecule has 2 aliphatic rings. The monoisotopic (exact) mass is 959 g/mol. The molecule has 1 aromatic heterocycles. The van der Waals surface area contributed by atoms with E-state index in [0.717, 1.165) is 37.2 Å². The van der Waals surface area contributed by atoms with Gasteiger partial charge in [0.25, 0.3) is 5.91 Å². The molecule has 3 heterocycles. The van der Waals surface area contributed by atoms with Crippen LogP contribution in [0.4, 0.5) is 5.69 Å². The first kappa shape index (κ1) is 52.2. The molecule has 19 heteroatoms. The summed E-state index contributed by atoms with van der Waals surface area (Å²) in [5.74, 6) is -2.08. The van der Waals surface area contributed by atoms with Gasteiger partial charge in [0.15, 0.2) is 5.82 Å². The van der Waals surface area contributed by atoms with Gasteiger partial charge in [0.2, 0.25) is 23.6 Å². The Bertz CT molecular complexity index is 2520. The first-order valence-corrected chi connectivity index (χ1v) is 23.9. The topological polar surface area (TPSA) is 286 Å². The van der Waals surface area contributed by atoms with Gasteiger partial charge in [-0.25, -0.2) is 9.97 Å². The number of aryl methyl sites for hydroxylation is 2. The van der Waals surface area contributed by atoms with E-state index in [2.05, 4.69) is 38.3 Å². The number of aromatic nitrogens is 2. The minimum absolute atomic E-state index is 0.00176. The number of rotatable bonds is 16. The number of ether oxygens (including phenoxy) is 2. The highest BCUT2D eigenvalue weighted by Crippen LogP contribution is 2.40. The minimum atomic E-state index is -1.40. The maximum Gasteiger partial charge on any atom is 0.255 e. The van der Waals surface area contributed by atoms with E-state index in [1.807, 2.05) is 18.2 Å². The average Bonchev–Trinajstić information content (AvgIpc) is 3.33. The zero-order valence-electron chi connectivity index (χ0n) is 40.5. The zero-order chi connectivity index (χ0) is 50.3. The predicted molar refractivity (Wildman–Crippen MR) is 266 cm³/mol. The SMILES string of the molecule is Cc1nc(-c2ccc(N3CCCCCCC3)cc2)nc(C)c1C(=O)NC(CCN)C(=O)N(C)[C@@H]1C(=O)N[C@@H](C)C(=O)N[C@H](C(=O)NCC#N)Cc2ccc(OCCN)c(c2)-c2cc1ccc2OCCN. The summed E-state index contributed by atoms with van der Waals surface area (Å²) < 4.78 is 12.2. The lowest BCUT2D eigenvalue weighted by molar-refractivity contribution is -0.141. The van der Waals surface area contributed by atoms with Crippen LogP contribution in [0, 0.1) is 25.2 Å². The zero-order valence-corrected chi connectivity index (χ0v) is 40.5. The first-order chi connectivity index (χ1) is 33.8. The van der Waals surface area contributed by atoms with Crippen LogP contribution in [0.2, 0.25) is 0 Å². The summed E-state index contributed by atoms with van der Waals surface area (Å²) in [5.41, 5.74) is 22.6. The van der Waals surface area contributed by atoms with Crippen molar-refractivity contribution in [2.45, 2.75) is 89.9 Å². The number of benzene rings is 3. The number of nitriles is 1. The number of fused-ring (bicyclic) bond motifs is 5. The van der Waals surface area contributed by atoms with E-state index in [-0.39, 0.29) is 57.8 Å². The van der Waals surface area contributed by atoms with Crippen molar-refractivity contribution in [2.24, 2.45) is 17.2 Å². The highest BCUT2D eigenvalue weighted by molar-refractivity contribution is 6.00. The van der Waals surface area contributed by atoms with Crippen molar-refractivity contribution in [1.82, 2.24) is 36.1 Å². The van der Waals surface area contributed by atoms with Crippen LogP contribution in [0.5, 0.6) is 11.5 Å². The first-order valence-electron chi connectivity index (χ1n) is 23.9. The number of carbonyl (C=O) groups excluding carboxylic acids is 5. The van der Waals surface area contributed by atoms with E-state index >= 15 is 0 Å². The van der Waals surface area contributed by atoms with Gasteiger partial charge in [-0.05, 0) is 106 Å². The Kier molecular flexibility index (Phi) is 18.6. The Morgan fingerprint density at radius 3 is 2.07 bits per heavy atom. The molecule has 6 rings (SSSR count). The molecule has 19 nitrogen and oxygen atoms in total. The van der Waals surface area contributed by atoms with Gasteiger partial charge >= 0.3 is 0 Å². The average molecular weight is 959 g/mol. The van der Waals surface area contributed by atoms with E-state index < -0.39 is 53.7 Å². The molecule has 4 aromatic rings. The number of nitrogens with one attached hydrogen (secondary N) is 4. The number of nitrogens with two attached hydrogens (primary N) is 3. The van der Waals surface area contributed by atoms with Gasteiger partial charge in [0, 0.05) is 62.0 Å². The Morgan fingerprint density at radius 2 is 1.46 bits per heavy atom. The summed E-state index contributed by atoms with van der Waals surface area (Å²) in [4.78, 5) is 83.9. The quantitative estimate of drug-likeness (QED) is 0.0796. The molecule has 10 N–H and O–H groups in total. The van der Waals surface area contributed by atoms with Gasteiger partial charge < -0.3 is 57.7 Å². The molecule has 70 heavy (non-hydrogen) atoms. The lowest BCUT2D eigenvalue weighted by atomic mass is 9.93. The molecule has 3 aromatic carbocycles. The van der Waals surface area contributed by atoms with E-state index in [9.17, 15) is 29.2 Å². The van der Waals surface area contributed by atoms with E-state index in [4.69, 9.17) is 36.6 Å². The fraction of sp³-hybridized carbons (Fsp3) is 0.451. The van der Waals surface area contributed by atoms with Gasteiger partial charge in [0.1, 0.15) is 55.4 Å². The molecule has 4 bridgehead atoms. The molecule has 4 atom stereocenters. The van der Waals surface area contributed by atoms with Gasteiger partial charge in [-0.2, -0.15) is 5.26 Å². The van der Waals surface area contributed by atoms with Gasteiger partial charge in [-0.3, -0.25) is 24.0 Å². The molecular weight excluding hydrogens is 893 g/mol. The lowest BCUT2D eigenvalue weighted by Crippen LogP contribution is -2.56. The third kappa shape index (κ3) is 12.9. The second-order valence-corrected chi connectivity index (χ2v) is 17.6. The van der Waals surface area contributed by atoms with Crippen LogP contribution in [0.3, 0.4) is 0 Å². The summed E-state index contributed by atoms with van der Waals surface area (Å²) >= 11 is 0. The normalized spacial score (nSPS) is 17.8. The highest BCUT2D eigenvalue weighted by Gasteiger charge is 2.36. The number of amides is 5. The van der Waals surface area contributed by atoms with Crippen molar-refractivity contribution in [3.05, 3.63) is 88.7 Å². The molecule has 0 spiro atoms. The molecule has 1 saturated heterocycles. The molecule has 1 unspecified atom stereocenters. The third-order valence-corrected chi connectivity index (χ3v) is 12.5. The molecule has 0 radical (unpaired) electrons. The van der Waals surface area contributed by atoms with Crippen LogP contribution < -0.4 is 52.8 Å². The maximum atomic E-state index is 14.8. The van der Waals surface area contributed by atoms with E-state index in [1.165, 1.54) is 38.1 Å². The summed E-state index contributed by atoms with van der Waals surface area (Å²) in [7, 11) is 1.43. The smallest absolute Gasteiger partial charge is 0.255 e. The third-order valence-electron chi connectivity index (χ3n) is 12.5. The molecule has 0 aliphatic carbocycles. The number of likely N-dealkylation sites (N-methyl/N-ethyl adjacent to an activating group) is 1. The van der Waals surface area contributed by atoms with Crippen molar-refractivity contribution in [2.75, 3.05) is 64.4 Å². The van der Waals surface area contributed by atoms with Crippen LogP contribution in [0.25, 0.3) is 22.5 Å². The fourth-order valence-corrected chi connectivity index (χ4v) is 8.86. The second kappa shape index (κ2) is 24.9. The standard InChI is InChI=1S/C51H66N12O7/c1-31-44(32(2)58-46(57-31)35-11-14-37(15-12-35)63-24-8-6-5-7-9-25-63)49(66)60-40(18-19-52)51(68)62(4)45-36-13-17-43(70-27-22-55)39(30-36)38-28-34(10-16-42(38)69-26-21-54)29-41(48(65)56-23-20-53)61-47(64)33(3)59-50(45)67/h10-17,28,30,33,40-41,45H,5-9,18-19,21-27,29,52,54-55H2,1-4H3,(H,56,65)(H,59,67)(H,60,66)(H,61,64)/t33-,40?,41-,45-/m0/s1. The van der Waals surface area contributed by atoms with Crippen molar-refractivity contribution >= 4 is 35.2 Å². The van der Waals surface area contributed by atoms with Crippen molar-refractivity contribution in [1.29, 1.82) is 5.26 Å². The fourth-order valence-electron chi connectivity index (χ4n) is 8.86. The van der Waals surface area contributed by atoms with Crippen LogP contribution in [0.1, 0.15) is 84.4 Å². The van der Waals surface area contributed by atoms with Crippen LogP contribution in [0.15, 0.2) is 60.7 Å². The molecule has 2 aliphatic heterocycles. The predicted octanol–water partition coefficient (Wildman–Crippen LogP) is 2.71.